The summed E-state index contributed by atoms with van der Waals surface area (Å²) in [4.78, 5) is 12.9. The summed E-state index contributed by atoms with van der Waals surface area (Å²) >= 11 is 0. The Morgan fingerprint density at radius 3 is 2.73 bits per heavy atom. The van der Waals surface area contributed by atoms with Gasteiger partial charge in [-0.25, -0.2) is 0 Å². The summed E-state index contributed by atoms with van der Waals surface area (Å²) in [5.41, 5.74) is 1.35. The molecule has 1 aliphatic rings. The normalized spacial score (nSPS) is 16.4. The maximum atomic E-state index is 10.7. The molecule has 0 unspecified atom stereocenters. The van der Waals surface area contributed by atoms with Crippen LogP contribution in [0.5, 0.6) is 5.75 Å². The van der Waals surface area contributed by atoms with Crippen molar-refractivity contribution in [3.8, 4) is 5.75 Å². The molecule has 1 aliphatic heterocycles. The number of nitrogens with one attached hydrogen (secondary N) is 1. The van der Waals surface area contributed by atoms with Gasteiger partial charge in [0.05, 0.1) is 5.56 Å². The number of phenolic OH excluding ortho intramolecular Hbond substituents is 1. The molecule has 80 valence electrons. The monoisotopic (exact) mass is 206 g/mol. The van der Waals surface area contributed by atoms with E-state index >= 15 is 0 Å². The molecule has 15 heavy (non-hydrogen) atoms. The van der Waals surface area contributed by atoms with Gasteiger partial charge in [0, 0.05) is 31.9 Å². The number of aldehydes is 1. The first-order chi connectivity index (χ1) is 7.31. The average Bonchev–Trinajstić information content (AvgIpc) is 2.31. The van der Waals surface area contributed by atoms with Crippen LogP contribution in [0.25, 0.3) is 0 Å². The Labute approximate surface area is 88.5 Å². The van der Waals surface area contributed by atoms with E-state index in [2.05, 4.69) is 10.2 Å². The zero-order valence-electron chi connectivity index (χ0n) is 8.44. The van der Waals surface area contributed by atoms with Crippen molar-refractivity contribution in [1.82, 2.24) is 5.32 Å². The van der Waals surface area contributed by atoms with Crippen LogP contribution in [0.2, 0.25) is 0 Å². The number of hydrogen-bond acceptors (Lipinski definition) is 4. The van der Waals surface area contributed by atoms with Crippen LogP contribution in [-0.2, 0) is 0 Å². The topological polar surface area (TPSA) is 52.6 Å². The molecule has 0 atom stereocenters. The molecule has 1 saturated heterocycles. The minimum absolute atomic E-state index is 0.0453. The lowest BCUT2D eigenvalue weighted by molar-refractivity contribution is 0.112. The van der Waals surface area contributed by atoms with E-state index in [-0.39, 0.29) is 5.75 Å². The van der Waals surface area contributed by atoms with E-state index in [0.29, 0.717) is 11.8 Å². The average molecular weight is 206 g/mol. The van der Waals surface area contributed by atoms with E-state index in [9.17, 15) is 9.90 Å². The summed E-state index contributed by atoms with van der Waals surface area (Å²) in [6.07, 6.45) is 0.682. The second-order valence-electron chi connectivity index (χ2n) is 3.60. The van der Waals surface area contributed by atoms with Crippen LogP contribution in [0.4, 0.5) is 5.69 Å². The van der Waals surface area contributed by atoms with Gasteiger partial charge in [0.15, 0.2) is 6.29 Å². The van der Waals surface area contributed by atoms with Gasteiger partial charge in [0.1, 0.15) is 5.75 Å². The fourth-order valence-electron chi connectivity index (χ4n) is 1.76. The smallest absolute Gasteiger partial charge is 0.153 e. The second-order valence-corrected chi connectivity index (χ2v) is 3.60. The predicted molar refractivity (Wildman–Crippen MR) is 58.6 cm³/mol. The van der Waals surface area contributed by atoms with Crippen LogP contribution in [0.1, 0.15) is 10.4 Å². The number of aromatic hydroxyl groups is 1. The second kappa shape index (κ2) is 4.31. The van der Waals surface area contributed by atoms with E-state index in [1.54, 1.807) is 12.1 Å². The number of carbonyl (C=O) groups excluding carboxylic acids is 1. The quantitative estimate of drug-likeness (QED) is 0.696. The molecule has 1 aromatic carbocycles. The number of anilines is 1. The summed E-state index contributed by atoms with van der Waals surface area (Å²) in [6, 6.07) is 5.14. The third-order valence-electron chi connectivity index (χ3n) is 2.62. The number of benzene rings is 1. The van der Waals surface area contributed by atoms with Crippen molar-refractivity contribution in [2.45, 2.75) is 0 Å². The molecule has 0 bridgehead atoms. The fourth-order valence-corrected chi connectivity index (χ4v) is 1.76. The Hall–Kier alpha value is -1.55. The van der Waals surface area contributed by atoms with E-state index < -0.39 is 0 Å². The van der Waals surface area contributed by atoms with Gasteiger partial charge in [-0.05, 0) is 18.2 Å². The molecule has 0 radical (unpaired) electrons. The molecule has 4 nitrogen and oxygen atoms in total. The van der Waals surface area contributed by atoms with Crippen molar-refractivity contribution in [2.24, 2.45) is 0 Å². The van der Waals surface area contributed by atoms with Gasteiger partial charge < -0.3 is 15.3 Å². The number of piperazine rings is 1. The van der Waals surface area contributed by atoms with Gasteiger partial charge in [-0.3, -0.25) is 4.79 Å². The SMILES string of the molecule is O=Cc1cc(N2CCNCC2)ccc1O. The van der Waals surface area contributed by atoms with Crippen molar-refractivity contribution in [2.75, 3.05) is 31.1 Å². The summed E-state index contributed by atoms with van der Waals surface area (Å²) < 4.78 is 0. The van der Waals surface area contributed by atoms with Crippen LogP contribution in [-0.4, -0.2) is 37.6 Å². The zero-order valence-corrected chi connectivity index (χ0v) is 8.44. The molecule has 2 rings (SSSR count). The Morgan fingerprint density at radius 1 is 1.33 bits per heavy atom. The first-order valence-corrected chi connectivity index (χ1v) is 5.05. The minimum Gasteiger partial charge on any atom is -0.507 e. The number of nitrogens with zero attached hydrogens (tertiary/aromatic N) is 1. The fraction of sp³-hybridized carbons (Fsp3) is 0.364. The highest BCUT2D eigenvalue weighted by atomic mass is 16.3. The van der Waals surface area contributed by atoms with Crippen molar-refractivity contribution >= 4 is 12.0 Å². The highest BCUT2D eigenvalue weighted by molar-refractivity contribution is 5.81. The lowest BCUT2D eigenvalue weighted by Gasteiger charge is -2.29. The Kier molecular flexibility index (Phi) is 2.87. The van der Waals surface area contributed by atoms with Crippen LogP contribution in [0, 0.1) is 0 Å². The largest absolute Gasteiger partial charge is 0.507 e. The van der Waals surface area contributed by atoms with Crippen LogP contribution >= 0.6 is 0 Å². The van der Waals surface area contributed by atoms with Crippen molar-refractivity contribution in [3.05, 3.63) is 23.8 Å². The van der Waals surface area contributed by atoms with Gasteiger partial charge in [-0.1, -0.05) is 0 Å². The summed E-state index contributed by atoms with van der Waals surface area (Å²) in [5, 5.41) is 12.6. The molecular weight excluding hydrogens is 192 g/mol. The van der Waals surface area contributed by atoms with Crippen LogP contribution < -0.4 is 10.2 Å². The van der Waals surface area contributed by atoms with Crippen molar-refractivity contribution in [1.29, 1.82) is 0 Å². The summed E-state index contributed by atoms with van der Waals surface area (Å²) in [6.45, 7) is 3.78. The zero-order chi connectivity index (χ0) is 10.7. The number of hydrogen-bond donors (Lipinski definition) is 2. The molecule has 0 saturated carbocycles. The van der Waals surface area contributed by atoms with Crippen LogP contribution in [0.3, 0.4) is 0 Å². The highest BCUT2D eigenvalue weighted by Gasteiger charge is 2.11. The highest BCUT2D eigenvalue weighted by Crippen LogP contribution is 2.22. The molecule has 0 amide bonds. The molecule has 2 N–H and O–H groups in total. The minimum atomic E-state index is 0.0453. The molecule has 1 heterocycles. The number of phenols is 1. The molecule has 1 fully saturated rings. The Morgan fingerprint density at radius 2 is 2.07 bits per heavy atom. The van der Waals surface area contributed by atoms with Gasteiger partial charge in [-0.15, -0.1) is 0 Å². The standard InChI is InChI=1S/C11H14N2O2/c14-8-9-7-10(1-2-11(9)15)13-5-3-12-4-6-13/h1-2,7-8,12,15H,3-6H2. The van der Waals surface area contributed by atoms with Crippen molar-refractivity contribution in [3.63, 3.8) is 0 Å². The summed E-state index contributed by atoms with van der Waals surface area (Å²) in [7, 11) is 0. The van der Waals surface area contributed by atoms with E-state index in [4.69, 9.17) is 0 Å². The Balaban J connectivity index is 2.23. The summed E-state index contributed by atoms with van der Waals surface area (Å²) in [5.74, 6) is 0.0453. The first kappa shape index (κ1) is 9.98. The third-order valence-corrected chi connectivity index (χ3v) is 2.62. The van der Waals surface area contributed by atoms with Gasteiger partial charge in [-0.2, -0.15) is 0 Å². The lowest BCUT2D eigenvalue weighted by atomic mass is 10.1. The van der Waals surface area contributed by atoms with E-state index in [1.807, 2.05) is 6.07 Å². The number of rotatable bonds is 2. The lowest BCUT2D eigenvalue weighted by Crippen LogP contribution is -2.43. The molecule has 4 heteroatoms. The molecule has 0 aliphatic carbocycles. The van der Waals surface area contributed by atoms with Gasteiger partial charge in [0.25, 0.3) is 0 Å². The van der Waals surface area contributed by atoms with E-state index in [1.165, 1.54) is 0 Å². The van der Waals surface area contributed by atoms with E-state index in [0.717, 1.165) is 31.9 Å². The molecule has 0 aromatic heterocycles. The molecule has 0 spiro atoms. The van der Waals surface area contributed by atoms with Gasteiger partial charge >= 0.3 is 0 Å². The Bertz CT molecular complexity index is 360. The van der Waals surface area contributed by atoms with Crippen molar-refractivity contribution < 1.29 is 9.90 Å². The third kappa shape index (κ3) is 2.10. The first-order valence-electron chi connectivity index (χ1n) is 5.05. The molecular formula is C11H14N2O2. The maximum Gasteiger partial charge on any atom is 0.153 e. The molecule has 1 aromatic rings. The van der Waals surface area contributed by atoms with Crippen LogP contribution in [0.15, 0.2) is 18.2 Å². The number of carbonyl (C=O) groups is 1. The van der Waals surface area contributed by atoms with Gasteiger partial charge in [0.2, 0.25) is 0 Å². The predicted octanol–water partition coefficient (Wildman–Crippen LogP) is 0.614. The maximum absolute atomic E-state index is 10.7.